The Bertz CT molecular complexity index is 613. The molecule has 0 spiro atoms. The summed E-state index contributed by atoms with van der Waals surface area (Å²) in [6, 6.07) is 16.3. The van der Waals surface area contributed by atoms with Crippen LogP contribution < -0.4 is 5.32 Å². The van der Waals surface area contributed by atoms with Crippen LogP contribution in [0.4, 0.5) is 4.39 Å². The van der Waals surface area contributed by atoms with Gasteiger partial charge in [0, 0.05) is 6.54 Å². The summed E-state index contributed by atoms with van der Waals surface area (Å²) in [5, 5.41) is 2.93. The Morgan fingerprint density at radius 3 is 2.50 bits per heavy atom. The highest BCUT2D eigenvalue weighted by Crippen LogP contribution is 2.16. The lowest BCUT2D eigenvalue weighted by Gasteiger charge is -2.25. The second kappa shape index (κ2) is 7.71. The molecule has 1 amide bonds. The summed E-state index contributed by atoms with van der Waals surface area (Å²) in [7, 11) is 3.97. The normalized spacial score (nSPS) is 12.2. The topological polar surface area (TPSA) is 32.3 Å². The Hall–Kier alpha value is -2.20. The Morgan fingerprint density at radius 2 is 1.86 bits per heavy atom. The first-order valence-corrected chi connectivity index (χ1v) is 7.29. The fraction of sp³-hybridized carbons (Fsp3) is 0.278. The van der Waals surface area contributed by atoms with E-state index in [1.54, 1.807) is 12.1 Å². The molecule has 0 saturated carbocycles. The molecule has 0 aliphatic carbocycles. The van der Waals surface area contributed by atoms with Gasteiger partial charge in [0.15, 0.2) is 0 Å². The van der Waals surface area contributed by atoms with Crippen molar-refractivity contribution in [3.8, 4) is 0 Å². The van der Waals surface area contributed by atoms with E-state index in [9.17, 15) is 9.18 Å². The molecule has 1 unspecified atom stereocenters. The summed E-state index contributed by atoms with van der Waals surface area (Å²) in [5.74, 6) is -0.422. The lowest BCUT2D eigenvalue weighted by atomic mass is 10.1. The maximum atomic E-state index is 13.1. The molecule has 1 N–H and O–H groups in total. The highest BCUT2D eigenvalue weighted by molar-refractivity contribution is 5.78. The molecule has 22 heavy (non-hydrogen) atoms. The monoisotopic (exact) mass is 300 g/mol. The van der Waals surface area contributed by atoms with E-state index in [4.69, 9.17) is 0 Å². The van der Waals surface area contributed by atoms with Gasteiger partial charge in [-0.3, -0.25) is 4.79 Å². The SMILES string of the molecule is CN(C)C(CNC(=O)Cc1cccc(F)c1)c1ccccc1. The predicted octanol–water partition coefficient (Wildman–Crippen LogP) is 2.79. The number of rotatable bonds is 6. The Kier molecular flexibility index (Phi) is 5.67. The number of nitrogens with one attached hydrogen (secondary N) is 1. The van der Waals surface area contributed by atoms with Crippen molar-refractivity contribution < 1.29 is 9.18 Å². The molecule has 2 aromatic rings. The molecule has 0 aliphatic heterocycles. The van der Waals surface area contributed by atoms with Gasteiger partial charge in [0.05, 0.1) is 12.5 Å². The van der Waals surface area contributed by atoms with Crippen molar-refractivity contribution in [2.24, 2.45) is 0 Å². The number of nitrogens with zero attached hydrogens (tertiary/aromatic N) is 1. The van der Waals surface area contributed by atoms with E-state index in [2.05, 4.69) is 10.2 Å². The van der Waals surface area contributed by atoms with Crippen LogP contribution in [0.15, 0.2) is 54.6 Å². The molecule has 0 radical (unpaired) electrons. The van der Waals surface area contributed by atoms with Gasteiger partial charge in [-0.15, -0.1) is 0 Å². The van der Waals surface area contributed by atoms with Crippen LogP contribution >= 0.6 is 0 Å². The predicted molar refractivity (Wildman–Crippen MR) is 86.0 cm³/mol. The van der Waals surface area contributed by atoms with Crippen LogP contribution in [-0.2, 0) is 11.2 Å². The highest BCUT2D eigenvalue weighted by atomic mass is 19.1. The minimum Gasteiger partial charge on any atom is -0.354 e. The summed E-state index contributed by atoms with van der Waals surface area (Å²) in [6.07, 6.45) is 0.187. The summed E-state index contributed by atoms with van der Waals surface area (Å²) in [4.78, 5) is 14.1. The van der Waals surface area contributed by atoms with Crippen molar-refractivity contribution >= 4 is 5.91 Å². The standard InChI is InChI=1S/C18H21FN2O/c1-21(2)17(15-8-4-3-5-9-15)13-20-18(22)12-14-7-6-10-16(19)11-14/h3-11,17H,12-13H2,1-2H3,(H,20,22). The van der Waals surface area contributed by atoms with Gasteiger partial charge in [0.25, 0.3) is 0 Å². The van der Waals surface area contributed by atoms with E-state index in [-0.39, 0.29) is 24.2 Å². The van der Waals surface area contributed by atoms with Gasteiger partial charge in [0.1, 0.15) is 5.82 Å². The van der Waals surface area contributed by atoms with Crippen molar-refractivity contribution in [3.05, 3.63) is 71.5 Å². The van der Waals surface area contributed by atoms with Crippen LogP contribution in [0.5, 0.6) is 0 Å². The molecular weight excluding hydrogens is 279 g/mol. The third kappa shape index (κ3) is 4.67. The second-order valence-electron chi connectivity index (χ2n) is 5.50. The Labute approximate surface area is 130 Å². The molecule has 3 nitrogen and oxygen atoms in total. The van der Waals surface area contributed by atoms with Gasteiger partial charge in [-0.05, 0) is 37.4 Å². The molecule has 0 aromatic heterocycles. The molecule has 2 rings (SSSR count). The zero-order chi connectivity index (χ0) is 15.9. The molecule has 1 atom stereocenters. The molecule has 4 heteroatoms. The van der Waals surface area contributed by atoms with E-state index >= 15 is 0 Å². The van der Waals surface area contributed by atoms with Crippen molar-refractivity contribution in [3.63, 3.8) is 0 Å². The van der Waals surface area contributed by atoms with E-state index in [1.807, 2.05) is 44.4 Å². The first-order chi connectivity index (χ1) is 10.6. The van der Waals surface area contributed by atoms with Crippen molar-refractivity contribution in [1.29, 1.82) is 0 Å². The molecule has 2 aromatic carbocycles. The van der Waals surface area contributed by atoms with Crippen LogP contribution in [0.1, 0.15) is 17.2 Å². The number of hydrogen-bond donors (Lipinski definition) is 1. The van der Waals surface area contributed by atoms with Crippen LogP contribution in [0.3, 0.4) is 0 Å². The molecule has 0 fully saturated rings. The van der Waals surface area contributed by atoms with Crippen LogP contribution in [0.25, 0.3) is 0 Å². The van der Waals surface area contributed by atoms with Crippen LogP contribution in [0.2, 0.25) is 0 Å². The van der Waals surface area contributed by atoms with Gasteiger partial charge in [-0.2, -0.15) is 0 Å². The van der Waals surface area contributed by atoms with Gasteiger partial charge in [-0.25, -0.2) is 4.39 Å². The molecule has 0 heterocycles. The lowest BCUT2D eigenvalue weighted by Crippen LogP contribution is -2.35. The highest BCUT2D eigenvalue weighted by Gasteiger charge is 2.15. The van der Waals surface area contributed by atoms with Gasteiger partial charge in [-0.1, -0.05) is 42.5 Å². The molecule has 0 aliphatic rings. The molecule has 0 saturated heterocycles. The molecule has 0 bridgehead atoms. The average Bonchev–Trinajstić information content (AvgIpc) is 2.48. The molecular formula is C18H21FN2O. The minimum absolute atomic E-state index is 0.103. The van der Waals surface area contributed by atoms with Gasteiger partial charge >= 0.3 is 0 Å². The smallest absolute Gasteiger partial charge is 0.224 e. The van der Waals surface area contributed by atoms with Crippen molar-refractivity contribution in [2.75, 3.05) is 20.6 Å². The fourth-order valence-electron chi connectivity index (χ4n) is 2.38. The maximum absolute atomic E-state index is 13.1. The first-order valence-electron chi connectivity index (χ1n) is 7.29. The van der Waals surface area contributed by atoms with Crippen LogP contribution in [-0.4, -0.2) is 31.4 Å². The first kappa shape index (κ1) is 16.2. The third-order valence-corrected chi connectivity index (χ3v) is 3.55. The van der Waals surface area contributed by atoms with E-state index in [0.29, 0.717) is 12.1 Å². The van der Waals surface area contributed by atoms with E-state index in [0.717, 1.165) is 5.56 Å². The lowest BCUT2D eigenvalue weighted by molar-refractivity contribution is -0.120. The summed E-state index contributed by atoms with van der Waals surface area (Å²) >= 11 is 0. The number of likely N-dealkylation sites (N-methyl/N-ethyl adjacent to an activating group) is 1. The zero-order valence-corrected chi connectivity index (χ0v) is 12.9. The van der Waals surface area contributed by atoms with E-state index < -0.39 is 0 Å². The van der Waals surface area contributed by atoms with Crippen molar-refractivity contribution in [1.82, 2.24) is 10.2 Å². The number of hydrogen-bond acceptors (Lipinski definition) is 2. The Balaban J connectivity index is 1.94. The number of carbonyl (C=O) groups excluding carboxylic acids is 1. The second-order valence-corrected chi connectivity index (χ2v) is 5.50. The largest absolute Gasteiger partial charge is 0.354 e. The summed E-state index contributed by atoms with van der Waals surface area (Å²) in [5.41, 5.74) is 1.83. The average molecular weight is 300 g/mol. The number of carbonyl (C=O) groups is 1. The van der Waals surface area contributed by atoms with Crippen LogP contribution in [0, 0.1) is 5.82 Å². The van der Waals surface area contributed by atoms with Crippen molar-refractivity contribution in [2.45, 2.75) is 12.5 Å². The zero-order valence-electron chi connectivity index (χ0n) is 12.9. The fourth-order valence-corrected chi connectivity index (χ4v) is 2.38. The number of benzene rings is 2. The number of amides is 1. The quantitative estimate of drug-likeness (QED) is 0.889. The number of halogens is 1. The van der Waals surface area contributed by atoms with Gasteiger partial charge < -0.3 is 10.2 Å². The summed E-state index contributed by atoms with van der Waals surface area (Å²) < 4.78 is 13.1. The summed E-state index contributed by atoms with van der Waals surface area (Å²) in [6.45, 7) is 0.519. The van der Waals surface area contributed by atoms with E-state index in [1.165, 1.54) is 12.1 Å². The molecule has 116 valence electrons. The maximum Gasteiger partial charge on any atom is 0.224 e. The minimum atomic E-state index is -0.319. The van der Waals surface area contributed by atoms with Gasteiger partial charge in [0.2, 0.25) is 5.91 Å². The Morgan fingerprint density at radius 1 is 1.14 bits per heavy atom. The third-order valence-electron chi connectivity index (χ3n) is 3.55.